The fourth-order valence-corrected chi connectivity index (χ4v) is 2.64. The second-order valence-electron chi connectivity index (χ2n) is 4.80. The van der Waals surface area contributed by atoms with Gasteiger partial charge in [0, 0.05) is 24.7 Å². The lowest BCUT2D eigenvalue weighted by Gasteiger charge is -2.25. The van der Waals surface area contributed by atoms with E-state index in [0.29, 0.717) is 6.54 Å². The molecule has 1 amide bonds. The van der Waals surface area contributed by atoms with E-state index in [2.05, 4.69) is 0 Å². The predicted molar refractivity (Wildman–Crippen MR) is 69.0 cm³/mol. The van der Waals surface area contributed by atoms with Gasteiger partial charge >= 0.3 is 0 Å². The molecule has 92 valence electrons. The summed E-state index contributed by atoms with van der Waals surface area (Å²) in [7, 11) is 0. The van der Waals surface area contributed by atoms with Crippen LogP contribution >= 0.6 is 0 Å². The van der Waals surface area contributed by atoms with Crippen molar-refractivity contribution in [2.24, 2.45) is 5.73 Å². The topological polar surface area (TPSA) is 46.3 Å². The van der Waals surface area contributed by atoms with E-state index in [1.54, 1.807) is 0 Å². The molecule has 0 bridgehead atoms. The van der Waals surface area contributed by atoms with Crippen LogP contribution in [0.4, 0.5) is 0 Å². The maximum Gasteiger partial charge on any atom is 0.254 e. The Hall–Kier alpha value is -1.35. The predicted octanol–water partition coefficient (Wildman–Crippen LogP) is 1.87. The van der Waals surface area contributed by atoms with Crippen LogP contribution in [-0.2, 0) is 0 Å². The van der Waals surface area contributed by atoms with E-state index < -0.39 is 0 Å². The maximum atomic E-state index is 12.5. The van der Waals surface area contributed by atoms with E-state index in [4.69, 9.17) is 5.73 Å². The highest BCUT2D eigenvalue weighted by molar-refractivity contribution is 5.97. The van der Waals surface area contributed by atoms with Crippen LogP contribution in [0.2, 0.25) is 0 Å². The number of carbonyl (C=O) groups excluding carboxylic acids is 1. The standard InChI is InChI=1S/C14H20N2O/c1-10-5-3-6-11(2)13(10)14(17)16-8-4-7-12(16)9-15/h3,5-6,12H,4,7-9,15H2,1-2H3. The molecule has 3 heteroatoms. The highest BCUT2D eigenvalue weighted by Crippen LogP contribution is 2.22. The van der Waals surface area contributed by atoms with Gasteiger partial charge in [-0.05, 0) is 37.8 Å². The van der Waals surface area contributed by atoms with E-state index >= 15 is 0 Å². The lowest BCUT2D eigenvalue weighted by atomic mass is 10.0. The number of benzene rings is 1. The van der Waals surface area contributed by atoms with Gasteiger partial charge in [-0.15, -0.1) is 0 Å². The van der Waals surface area contributed by atoms with Crippen molar-refractivity contribution in [3.05, 3.63) is 34.9 Å². The van der Waals surface area contributed by atoms with Crippen molar-refractivity contribution < 1.29 is 4.79 Å². The smallest absolute Gasteiger partial charge is 0.254 e. The van der Waals surface area contributed by atoms with Gasteiger partial charge in [-0.3, -0.25) is 4.79 Å². The molecule has 0 aromatic heterocycles. The molecule has 2 rings (SSSR count). The first-order chi connectivity index (χ1) is 8.15. The summed E-state index contributed by atoms with van der Waals surface area (Å²) in [5.41, 5.74) is 8.68. The summed E-state index contributed by atoms with van der Waals surface area (Å²) in [6.07, 6.45) is 2.10. The Morgan fingerprint density at radius 3 is 2.65 bits per heavy atom. The van der Waals surface area contributed by atoms with E-state index in [9.17, 15) is 4.79 Å². The van der Waals surface area contributed by atoms with E-state index in [0.717, 1.165) is 36.1 Å². The number of hydrogen-bond donors (Lipinski definition) is 1. The number of hydrogen-bond acceptors (Lipinski definition) is 2. The average molecular weight is 232 g/mol. The highest BCUT2D eigenvalue weighted by atomic mass is 16.2. The van der Waals surface area contributed by atoms with Crippen LogP contribution in [0.3, 0.4) is 0 Å². The van der Waals surface area contributed by atoms with Crippen molar-refractivity contribution in [2.75, 3.05) is 13.1 Å². The molecule has 1 aromatic rings. The molecular formula is C14H20N2O. The van der Waals surface area contributed by atoms with Gasteiger partial charge in [-0.1, -0.05) is 18.2 Å². The largest absolute Gasteiger partial charge is 0.334 e. The second-order valence-corrected chi connectivity index (χ2v) is 4.80. The molecule has 1 unspecified atom stereocenters. The third kappa shape index (κ3) is 2.20. The molecule has 1 heterocycles. The Morgan fingerprint density at radius 2 is 2.06 bits per heavy atom. The molecule has 1 saturated heterocycles. The normalized spacial score (nSPS) is 19.7. The Labute approximate surface area is 103 Å². The zero-order chi connectivity index (χ0) is 12.4. The summed E-state index contributed by atoms with van der Waals surface area (Å²) in [5, 5.41) is 0. The molecule has 1 atom stereocenters. The van der Waals surface area contributed by atoms with Crippen LogP contribution in [0.15, 0.2) is 18.2 Å². The van der Waals surface area contributed by atoms with Crippen LogP contribution in [0.1, 0.15) is 34.3 Å². The van der Waals surface area contributed by atoms with Crippen molar-refractivity contribution in [3.8, 4) is 0 Å². The first kappa shape index (κ1) is 12.1. The second kappa shape index (κ2) is 4.88. The minimum absolute atomic E-state index is 0.147. The van der Waals surface area contributed by atoms with Gasteiger partial charge in [0.1, 0.15) is 0 Å². The number of aryl methyl sites for hydroxylation is 2. The molecule has 2 N–H and O–H groups in total. The number of nitrogens with two attached hydrogens (primary N) is 1. The molecule has 17 heavy (non-hydrogen) atoms. The van der Waals surface area contributed by atoms with Crippen LogP contribution in [-0.4, -0.2) is 29.9 Å². The highest BCUT2D eigenvalue weighted by Gasteiger charge is 2.29. The molecule has 0 saturated carbocycles. The number of nitrogens with zero attached hydrogens (tertiary/aromatic N) is 1. The van der Waals surface area contributed by atoms with Crippen molar-refractivity contribution in [1.29, 1.82) is 0 Å². The Morgan fingerprint density at radius 1 is 1.41 bits per heavy atom. The summed E-state index contributed by atoms with van der Waals surface area (Å²) < 4.78 is 0. The fourth-order valence-electron chi connectivity index (χ4n) is 2.64. The molecule has 1 aromatic carbocycles. The Kier molecular flexibility index (Phi) is 3.48. The van der Waals surface area contributed by atoms with E-state index in [1.807, 2.05) is 36.9 Å². The fraction of sp³-hybridized carbons (Fsp3) is 0.500. The van der Waals surface area contributed by atoms with Gasteiger partial charge in [-0.2, -0.15) is 0 Å². The van der Waals surface area contributed by atoms with Gasteiger partial charge in [0.05, 0.1) is 0 Å². The monoisotopic (exact) mass is 232 g/mol. The van der Waals surface area contributed by atoms with Gasteiger partial charge in [0.15, 0.2) is 0 Å². The van der Waals surface area contributed by atoms with Crippen molar-refractivity contribution in [3.63, 3.8) is 0 Å². The summed E-state index contributed by atoms with van der Waals surface area (Å²) in [4.78, 5) is 14.5. The summed E-state index contributed by atoms with van der Waals surface area (Å²) in [5.74, 6) is 0.147. The summed E-state index contributed by atoms with van der Waals surface area (Å²) >= 11 is 0. The van der Waals surface area contributed by atoms with Gasteiger partial charge in [-0.25, -0.2) is 0 Å². The first-order valence-corrected chi connectivity index (χ1v) is 6.22. The van der Waals surface area contributed by atoms with Crippen LogP contribution in [0.25, 0.3) is 0 Å². The van der Waals surface area contributed by atoms with Gasteiger partial charge in [0.25, 0.3) is 5.91 Å². The summed E-state index contributed by atoms with van der Waals surface area (Å²) in [6.45, 7) is 5.40. The zero-order valence-corrected chi connectivity index (χ0v) is 10.6. The van der Waals surface area contributed by atoms with Gasteiger partial charge < -0.3 is 10.6 Å². The molecule has 3 nitrogen and oxygen atoms in total. The molecule has 1 aliphatic rings. The third-order valence-electron chi connectivity index (χ3n) is 3.61. The minimum Gasteiger partial charge on any atom is -0.334 e. The van der Waals surface area contributed by atoms with Crippen molar-refractivity contribution in [1.82, 2.24) is 4.90 Å². The quantitative estimate of drug-likeness (QED) is 0.846. The van der Waals surface area contributed by atoms with Crippen molar-refractivity contribution >= 4 is 5.91 Å². The number of rotatable bonds is 2. The van der Waals surface area contributed by atoms with Crippen LogP contribution < -0.4 is 5.73 Å². The lowest BCUT2D eigenvalue weighted by molar-refractivity contribution is 0.0739. The molecule has 0 aliphatic carbocycles. The van der Waals surface area contributed by atoms with Crippen LogP contribution in [0.5, 0.6) is 0 Å². The first-order valence-electron chi connectivity index (χ1n) is 6.22. The van der Waals surface area contributed by atoms with E-state index in [1.165, 1.54) is 0 Å². The Balaban J connectivity index is 2.31. The van der Waals surface area contributed by atoms with Gasteiger partial charge in [0.2, 0.25) is 0 Å². The lowest BCUT2D eigenvalue weighted by Crippen LogP contribution is -2.40. The maximum absolute atomic E-state index is 12.5. The number of carbonyl (C=O) groups is 1. The molecular weight excluding hydrogens is 212 g/mol. The minimum atomic E-state index is 0.147. The molecule has 1 fully saturated rings. The number of likely N-dealkylation sites (tertiary alicyclic amines) is 1. The third-order valence-corrected chi connectivity index (χ3v) is 3.61. The van der Waals surface area contributed by atoms with E-state index in [-0.39, 0.29) is 11.9 Å². The van der Waals surface area contributed by atoms with Crippen LogP contribution in [0, 0.1) is 13.8 Å². The zero-order valence-electron chi connectivity index (χ0n) is 10.6. The molecule has 0 radical (unpaired) electrons. The SMILES string of the molecule is Cc1cccc(C)c1C(=O)N1CCCC1CN. The molecule has 0 spiro atoms. The molecule has 1 aliphatic heterocycles. The summed E-state index contributed by atoms with van der Waals surface area (Å²) in [6, 6.07) is 6.20. The average Bonchev–Trinajstić information content (AvgIpc) is 2.76. The van der Waals surface area contributed by atoms with Crippen molar-refractivity contribution in [2.45, 2.75) is 32.7 Å². The Bertz CT molecular complexity index is 408. The number of amides is 1.